The molecule has 160 valence electrons. The second-order valence-corrected chi connectivity index (χ2v) is 8.09. The van der Waals surface area contributed by atoms with Crippen LogP contribution in [-0.2, 0) is 14.3 Å². The highest BCUT2D eigenvalue weighted by atomic mass is 16.5. The van der Waals surface area contributed by atoms with Gasteiger partial charge in [0.15, 0.2) is 5.78 Å². The number of nitrogens with one attached hydrogen (secondary N) is 1. The predicted molar refractivity (Wildman–Crippen MR) is 118 cm³/mol. The highest BCUT2D eigenvalue weighted by molar-refractivity contribution is 5.85. The second-order valence-electron chi connectivity index (χ2n) is 8.09. The number of hydrogen-bond donors (Lipinski definition) is 1. The smallest absolute Gasteiger partial charge is 0.407 e. The maximum absolute atomic E-state index is 12.1. The minimum absolute atomic E-state index is 0.00125. The van der Waals surface area contributed by atoms with Gasteiger partial charge in [-0.1, -0.05) is 68.8 Å². The number of alkyl carbamates (subject to hydrolysis) is 1. The van der Waals surface area contributed by atoms with Crippen molar-refractivity contribution in [2.45, 2.75) is 45.6 Å². The zero-order chi connectivity index (χ0) is 21.5. The molecule has 2 atom stereocenters. The Morgan fingerprint density at radius 3 is 2.20 bits per heavy atom. The first-order valence-corrected chi connectivity index (χ1v) is 10.7. The maximum atomic E-state index is 12.1. The van der Waals surface area contributed by atoms with Gasteiger partial charge < -0.3 is 14.8 Å². The van der Waals surface area contributed by atoms with Crippen molar-refractivity contribution in [2.24, 2.45) is 5.92 Å². The van der Waals surface area contributed by atoms with Gasteiger partial charge in [-0.05, 0) is 41.5 Å². The van der Waals surface area contributed by atoms with E-state index in [9.17, 15) is 9.59 Å². The number of carbonyl (C=O) groups excluding carboxylic acids is 2. The summed E-state index contributed by atoms with van der Waals surface area (Å²) in [4.78, 5) is 24.1. The van der Waals surface area contributed by atoms with Crippen LogP contribution in [0.15, 0.2) is 48.5 Å². The largest absolute Gasteiger partial charge is 0.449 e. The Morgan fingerprint density at radius 2 is 1.60 bits per heavy atom. The van der Waals surface area contributed by atoms with E-state index in [-0.39, 0.29) is 37.6 Å². The van der Waals surface area contributed by atoms with E-state index in [0.717, 1.165) is 24.0 Å². The minimum Gasteiger partial charge on any atom is -0.449 e. The summed E-state index contributed by atoms with van der Waals surface area (Å²) in [7, 11) is 0. The first-order valence-electron chi connectivity index (χ1n) is 10.7. The van der Waals surface area contributed by atoms with Crippen LogP contribution in [0, 0.1) is 5.92 Å². The normalized spacial score (nSPS) is 14.5. The first kappa shape index (κ1) is 22.0. The molecule has 2 aromatic carbocycles. The van der Waals surface area contributed by atoms with Crippen molar-refractivity contribution >= 4 is 11.9 Å². The molecule has 1 aliphatic rings. The molecule has 0 aliphatic heterocycles. The van der Waals surface area contributed by atoms with Crippen molar-refractivity contribution in [1.82, 2.24) is 5.32 Å². The van der Waals surface area contributed by atoms with Crippen LogP contribution >= 0.6 is 0 Å². The SMILES string of the molecule is CCC(C)CC(C)OCC(=O)CNC(=O)OCC1c2ccccc2-c2ccccc21. The number of fused-ring (bicyclic) bond motifs is 3. The number of ketones is 1. The number of Topliss-reactive ketones (excluding diaryl/α,β-unsaturated/α-hetero) is 1. The number of benzene rings is 2. The summed E-state index contributed by atoms with van der Waals surface area (Å²) in [6.07, 6.45) is 1.45. The molecule has 0 bridgehead atoms. The van der Waals surface area contributed by atoms with Crippen molar-refractivity contribution in [2.75, 3.05) is 19.8 Å². The second kappa shape index (κ2) is 10.4. The van der Waals surface area contributed by atoms with Crippen LogP contribution in [-0.4, -0.2) is 37.7 Å². The van der Waals surface area contributed by atoms with E-state index in [1.165, 1.54) is 11.1 Å². The monoisotopic (exact) mass is 409 g/mol. The van der Waals surface area contributed by atoms with Crippen molar-refractivity contribution in [3.05, 3.63) is 59.7 Å². The quantitative estimate of drug-likeness (QED) is 0.604. The fraction of sp³-hybridized carbons (Fsp3) is 0.440. The number of rotatable bonds is 10. The summed E-state index contributed by atoms with van der Waals surface area (Å²) in [5.41, 5.74) is 4.68. The van der Waals surface area contributed by atoms with E-state index < -0.39 is 6.09 Å². The summed E-state index contributed by atoms with van der Waals surface area (Å²) >= 11 is 0. The number of ether oxygens (including phenoxy) is 2. The van der Waals surface area contributed by atoms with Crippen LogP contribution in [0.2, 0.25) is 0 Å². The molecule has 0 spiro atoms. The summed E-state index contributed by atoms with van der Waals surface area (Å²) < 4.78 is 11.0. The summed E-state index contributed by atoms with van der Waals surface area (Å²) in [6, 6.07) is 16.4. The third-order valence-corrected chi connectivity index (χ3v) is 5.73. The van der Waals surface area contributed by atoms with Crippen LogP contribution < -0.4 is 5.32 Å². The molecular weight excluding hydrogens is 378 g/mol. The molecule has 30 heavy (non-hydrogen) atoms. The number of hydrogen-bond acceptors (Lipinski definition) is 4. The molecule has 5 nitrogen and oxygen atoms in total. The van der Waals surface area contributed by atoms with Gasteiger partial charge in [-0.25, -0.2) is 4.79 Å². The predicted octanol–water partition coefficient (Wildman–Crippen LogP) is 4.94. The lowest BCUT2D eigenvalue weighted by molar-refractivity contribution is -0.124. The Kier molecular flexibility index (Phi) is 7.63. The van der Waals surface area contributed by atoms with E-state index >= 15 is 0 Å². The van der Waals surface area contributed by atoms with E-state index in [4.69, 9.17) is 9.47 Å². The zero-order valence-corrected chi connectivity index (χ0v) is 18.0. The van der Waals surface area contributed by atoms with Crippen LogP contribution in [0.4, 0.5) is 4.79 Å². The molecule has 2 aromatic rings. The van der Waals surface area contributed by atoms with Crippen molar-refractivity contribution in [3.63, 3.8) is 0 Å². The van der Waals surface area contributed by atoms with E-state index in [2.05, 4.69) is 43.4 Å². The van der Waals surface area contributed by atoms with Gasteiger partial charge in [0, 0.05) is 5.92 Å². The molecule has 1 aliphatic carbocycles. The molecule has 1 N–H and O–H groups in total. The third-order valence-electron chi connectivity index (χ3n) is 5.73. The van der Waals surface area contributed by atoms with Crippen molar-refractivity contribution in [1.29, 1.82) is 0 Å². The van der Waals surface area contributed by atoms with Gasteiger partial charge in [0.25, 0.3) is 0 Å². The first-order chi connectivity index (χ1) is 14.5. The fourth-order valence-corrected chi connectivity index (χ4v) is 3.91. The van der Waals surface area contributed by atoms with Gasteiger partial charge in [-0.15, -0.1) is 0 Å². The topological polar surface area (TPSA) is 64.6 Å². The maximum Gasteiger partial charge on any atom is 0.407 e. The highest BCUT2D eigenvalue weighted by Crippen LogP contribution is 2.44. The molecule has 0 radical (unpaired) electrons. The lowest BCUT2D eigenvalue weighted by Gasteiger charge is -2.16. The van der Waals surface area contributed by atoms with E-state index in [1.807, 2.05) is 31.2 Å². The Bertz CT molecular complexity index is 833. The van der Waals surface area contributed by atoms with Gasteiger partial charge in [-0.3, -0.25) is 4.79 Å². The number of carbonyl (C=O) groups is 2. The molecule has 0 fully saturated rings. The Hall–Kier alpha value is -2.66. The Balaban J connectivity index is 1.45. The zero-order valence-electron chi connectivity index (χ0n) is 18.0. The van der Waals surface area contributed by atoms with Crippen molar-refractivity contribution in [3.8, 4) is 11.1 Å². The van der Waals surface area contributed by atoms with Gasteiger partial charge >= 0.3 is 6.09 Å². The molecule has 0 saturated carbocycles. The molecular formula is C25H31NO4. The lowest BCUT2D eigenvalue weighted by atomic mass is 9.98. The van der Waals surface area contributed by atoms with E-state index in [0.29, 0.717) is 5.92 Å². The fourth-order valence-electron chi connectivity index (χ4n) is 3.91. The Morgan fingerprint density at radius 1 is 1.00 bits per heavy atom. The van der Waals surface area contributed by atoms with E-state index in [1.54, 1.807) is 0 Å². The molecule has 2 unspecified atom stereocenters. The highest BCUT2D eigenvalue weighted by Gasteiger charge is 2.29. The van der Waals surface area contributed by atoms with Gasteiger partial charge in [0.1, 0.15) is 13.2 Å². The van der Waals surface area contributed by atoms with Crippen LogP contribution in [0.1, 0.15) is 50.7 Å². The van der Waals surface area contributed by atoms with Crippen LogP contribution in [0.5, 0.6) is 0 Å². The minimum atomic E-state index is -0.585. The summed E-state index contributed by atoms with van der Waals surface area (Å²) in [6.45, 7) is 6.42. The molecule has 0 heterocycles. The molecule has 5 heteroatoms. The lowest BCUT2D eigenvalue weighted by Crippen LogP contribution is -2.33. The molecule has 1 amide bonds. The van der Waals surface area contributed by atoms with Gasteiger partial charge in [0.2, 0.25) is 0 Å². The molecule has 3 rings (SSSR count). The Labute approximate surface area is 178 Å². The van der Waals surface area contributed by atoms with Gasteiger partial charge in [0.05, 0.1) is 12.6 Å². The van der Waals surface area contributed by atoms with Gasteiger partial charge in [-0.2, -0.15) is 0 Å². The molecule has 0 saturated heterocycles. The average molecular weight is 410 g/mol. The standard InChI is InChI=1S/C25H31NO4/c1-4-17(2)13-18(3)29-15-19(27)14-26-25(28)30-16-24-22-11-7-5-9-20(22)21-10-6-8-12-23(21)24/h5-12,17-18,24H,4,13-16H2,1-3H3,(H,26,28). The third kappa shape index (κ3) is 5.48. The van der Waals surface area contributed by atoms with Crippen molar-refractivity contribution < 1.29 is 19.1 Å². The summed E-state index contributed by atoms with van der Waals surface area (Å²) in [5.74, 6) is 0.400. The average Bonchev–Trinajstić information content (AvgIpc) is 3.08. The van der Waals surface area contributed by atoms with Crippen LogP contribution in [0.3, 0.4) is 0 Å². The summed E-state index contributed by atoms with van der Waals surface area (Å²) in [5, 5.41) is 2.54. The van der Waals surface area contributed by atoms with Crippen LogP contribution in [0.25, 0.3) is 11.1 Å². The molecule has 0 aromatic heterocycles. The number of amides is 1.